The molecule has 1 aliphatic rings. The number of benzene rings is 2. The van der Waals surface area contributed by atoms with E-state index in [2.05, 4.69) is 5.32 Å². The average Bonchev–Trinajstić information content (AvgIpc) is 2.99. The van der Waals surface area contributed by atoms with E-state index in [4.69, 9.17) is 9.47 Å². The van der Waals surface area contributed by atoms with Crippen LogP contribution in [0.1, 0.15) is 18.4 Å². The van der Waals surface area contributed by atoms with Gasteiger partial charge in [0.1, 0.15) is 24.2 Å². The zero-order valence-electron chi connectivity index (χ0n) is 15.5. The van der Waals surface area contributed by atoms with E-state index in [0.29, 0.717) is 24.2 Å². The molecule has 1 atom stereocenters. The topological polar surface area (TPSA) is 67.9 Å². The number of carbonyl (C=O) groups is 2. The van der Waals surface area contributed by atoms with Crippen molar-refractivity contribution in [1.29, 1.82) is 0 Å². The first kappa shape index (κ1) is 19.6. The van der Waals surface area contributed by atoms with E-state index in [0.717, 1.165) is 0 Å². The van der Waals surface area contributed by atoms with Crippen LogP contribution in [0.25, 0.3) is 0 Å². The van der Waals surface area contributed by atoms with Crippen molar-refractivity contribution in [2.75, 3.05) is 19.5 Å². The highest BCUT2D eigenvalue weighted by atomic mass is 19.1. The van der Waals surface area contributed by atoms with Crippen molar-refractivity contribution in [3.63, 3.8) is 0 Å². The highest BCUT2D eigenvalue weighted by Crippen LogP contribution is 2.31. The zero-order chi connectivity index (χ0) is 20.3. The molecule has 28 heavy (non-hydrogen) atoms. The number of methoxy groups -OCH3 is 1. The second-order valence-corrected chi connectivity index (χ2v) is 6.45. The third-order valence-electron chi connectivity index (χ3n) is 4.56. The van der Waals surface area contributed by atoms with Gasteiger partial charge in [0.15, 0.2) is 11.6 Å². The summed E-state index contributed by atoms with van der Waals surface area (Å²) in [6, 6.07) is 7.72. The second kappa shape index (κ2) is 8.24. The molecule has 1 heterocycles. The Bertz CT molecular complexity index is 904. The fraction of sp³-hybridized carbons (Fsp3) is 0.300. The average molecular weight is 390 g/mol. The largest absolute Gasteiger partial charge is 0.492 e. The van der Waals surface area contributed by atoms with Crippen molar-refractivity contribution < 1.29 is 27.8 Å². The summed E-state index contributed by atoms with van der Waals surface area (Å²) in [5.74, 6) is -1.47. The molecular formula is C20H20F2N2O4. The lowest BCUT2D eigenvalue weighted by Gasteiger charge is -2.20. The maximum Gasteiger partial charge on any atom is 0.247 e. The van der Waals surface area contributed by atoms with E-state index >= 15 is 0 Å². The van der Waals surface area contributed by atoms with Gasteiger partial charge in [0.2, 0.25) is 11.8 Å². The fourth-order valence-electron chi connectivity index (χ4n) is 3.08. The first-order valence-corrected chi connectivity index (χ1v) is 8.70. The number of ether oxygens (including phenoxy) is 2. The van der Waals surface area contributed by atoms with E-state index in [-0.39, 0.29) is 24.0 Å². The normalized spacial score (nSPS) is 16.2. The molecule has 8 heteroatoms. The number of hydrogen-bond donors (Lipinski definition) is 1. The van der Waals surface area contributed by atoms with Gasteiger partial charge in [-0.2, -0.15) is 0 Å². The van der Waals surface area contributed by atoms with Crippen molar-refractivity contribution in [1.82, 2.24) is 4.90 Å². The van der Waals surface area contributed by atoms with Gasteiger partial charge >= 0.3 is 0 Å². The number of anilines is 1. The molecule has 0 aromatic heterocycles. The molecule has 2 amide bonds. The maximum absolute atomic E-state index is 14.4. The number of likely N-dealkylation sites (N-methyl/N-ethyl adjacent to an activating group) is 1. The lowest BCUT2D eigenvalue weighted by molar-refractivity contribution is -0.131. The van der Waals surface area contributed by atoms with E-state index in [1.807, 2.05) is 0 Å². The van der Waals surface area contributed by atoms with Gasteiger partial charge in [-0.25, -0.2) is 8.78 Å². The minimum Gasteiger partial charge on any atom is -0.492 e. The van der Waals surface area contributed by atoms with Crippen LogP contribution in [0.2, 0.25) is 0 Å². The minimum absolute atomic E-state index is 0.0327. The van der Waals surface area contributed by atoms with Gasteiger partial charge < -0.3 is 19.7 Å². The summed E-state index contributed by atoms with van der Waals surface area (Å²) in [5.41, 5.74) is 0.562. The molecule has 1 fully saturated rings. The molecule has 1 saturated heterocycles. The zero-order valence-corrected chi connectivity index (χ0v) is 15.5. The Hall–Kier alpha value is -3.16. The Balaban J connectivity index is 1.78. The number of nitrogens with zero attached hydrogens (tertiary/aromatic N) is 1. The van der Waals surface area contributed by atoms with Crippen LogP contribution in [0.3, 0.4) is 0 Å². The third kappa shape index (κ3) is 4.21. The molecule has 0 spiro atoms. The molecule has 1 N–H and O–H groups in total. The van der Waals surface area contributed by atoms with Crippen LogP contribution in [0.5, 0.6) is 11.5 Å². The van der Waals surface area contributed by atoms with Crippen LogP contribution in [0.4, 0.5) is 14.5 Å². The number of likely N-dealkylation sites (tertiary alicyclic amines) is 1. The summed E-state index contributed by atoms with van der Waals surface area (Å²) in [6.07, 6.45) is 0.690. The molecule has 2 aromatic rings. The standard InChI is InChI=1S/C20H20F2N2O4/c1-24-17(6-7-18(24)25)20(26)23-16-9-12(8-15(22)19(16)27-2)11-28-14-5-3-4-13(21)10-14/h3-5,8-10,17H,6-7,11H2,1-2H3,(H,23,26). The molecule has 1 unspecified atom stereocenters. The molecule has 148 valence electrons. The molecule has 0 radical (unpaired) electrons. The smallest absolute Gasteiger partial charge is 0.247 e. The van der Waals surface area contributed by atoms with Crippen LogP contribution in [0, 0.1) is 11.6 Å². The third-order valence-corrected chi connectivity index (χ3v) is 4.56. The van der Waals surface area contributed by atoms with E-state index in [1.165, 1.54) is 42.3 Å². The Kier molecular flexibility index (Phi) is 5.77. The van der Waals surface area contributed by atoms with Gasteiger partial charge in [0.05, 0.1) is 12.8 Å². The van der Waals surface area contributed by atoms with Gasteiger partial charge in [0, 0.05) is 19.5 Å². The van der Waals surface area contributed by atoms with Crippen LogP contribution in [-0.4, -0.2) is 36.9 Å². The summed E-state index contributed by atoms with van der Waals surface area (Å²) in [7, 11) is 2.85. The Morgan fingerprint density at radius 2 is 2.07 bits per heavy atom. The Morgan fingerprint density at radius 3 is 2.71 bits per heavy atom. The molecule has 0 aliphatic carbocycles. The molecule has 3 rings (SSSR count). The van der Waals surface area contributed by atoms with Gasteiger partial charge in [-0.3, -0.25) is 9.59 Å². The van der Waals surface area contributed by atoms with E-state index < -0.39 is 23.6 Å². The van der Waals surface area contributed by atoms with Gasteiger partial charge in [0.25, 0.3) is 0 Å². The lowest BCUT2D eigenvalue weighted by Crippen LogP contribution is -2.39. The predicted octanol–water partition coefficient (Wildman–Crippen LogP) is 3.11. The van der Waals surface area contributed by atoms with Gasteiger partial charge in [-0.15, -0.1) is 0 Å². The maximum atomic E-state index is 14.4. The number of halogens is 2. The predicted molar refractivity (Wildman–Crippen MR) is 98.1 cm³/mol. The van der Waals surface area contributed by atoms with Crippen molar-refractivity contribution >= 4 is 17.5 Å². The Labute approximate surface area is 161 Å². The fourth-order valence-corrected chi connectivity index (χ4v) is 3.08. The highest BCUT2D eigenvalue weighted by Gasteiger charge is 2.33. The van der Waals surface area contributed by atoms with Crippen LogP contribution >= 0.6 is 0 Å². The highest BCUT2D eigenvalue weighted by molar-refractivity contribution is 5.99. The van der Waals surface area contributed by atoms with Crippen LogP contribution in [-0.2, 0) is 16.2 Å². The van der Waals surface area contributed by atoms with E-state index in [1.54, 1.807) is 13.1 Å². The molecular weight excluding hydrogens is 370 g/mol. The number of rotatable bonds is 6. The van der Waals surface area contributed by atoms with Crippen molar-refractivity contribution in [2.24, 2.45) is 0 Å². The number of hydrogen-bond acceptors (Lipinski definition) is 4. The van der Waals surface area contributed by atoms with E-state index in [9.17, 15) is 18.4 Å². The summed E-state index contributed by atoms with van der Waals surface area (Å²) in [5, 5.41) is 2.63. The number of nitrogens with one attached hydrogen (secondary N) is 1. The molecule has 0 saturated carbocycles. The lowest BCUT2D eigenvalue weighted by atomic mass is 10.1. The SMILES string of the molecule is COc1c(F)cc(COc2cccc(F)c2)cc1NC(=O)C1CCC(=O)N1C. The quantitative estimate of drug-likeness (QED) is 0.823. The summed E-state index contributed by atoms with van der Waals surface area (Å²) in [4.78, 5) is 25.5. The monoisotopic (exact) mass is 390 g/mol. The minimum atomic E-state index is -0.672. The van der Waals surface area contributed by atoms with Crippen LogP contribution < -0.4 is 14.8 Å². The second-order valence-electron chi connectivity index (χ2n) is 6.45. The first-order chi connectivity index (χ1) is 13.4. The van der Waals surface area contributed by atoms with Crippen molar-refractivity contribution in [3.8, 4) is 11.5 Å². The number of carbonyl (C=O) groups excluding carboxylic acids is 2. The molecule has 1 aliphatic heterocycles. The van der Waals surface area contributed by atoms with Crippen molar-refractivity contribution in [2.45, 2.75) is 25.5 Å². The number of amides is 2. The van der Waals surface area contributed by atoms with Gasteiger partial charge in [-0.05, 0) is 36.2 Å². The molecule has 2 aromatic carbocycles. The summed E-state index contributed by atoms with van der Waals surface area (Å²) >= 11 is 0. The molecule has 0 bridgehead atoms. The Morgan fingerprint density at radius 1 is 1.29 bits per heavy atom. The summed E-state index contributed by atoms with van der Waals surface area (Å²) in [6.45, 7) is -0.0327. The summed E-state index contributed by atoms with van der Waals surface area (Å²) < 4.78 is 38.2. The van der Waals surface area contributed by atoms with Crippen LogP contribution in [0.15, 0.2) is 36.4 Å². The molecule has 6 nitrogen and oxygen atoms in total. The first-order valence-electron chi connectivity index (χ1n) is 8.70. The van der Waals surface area contributed by atoms with Gasteiger partial charge in [-0.1, -0.05) is 6.07 Å². The van der Waals surface area contributed by atoms with Crippen molar-refractivity contribution in [3.05, 3.63) is 53.6 Å².